The molecule has 0 saturated carbocycles. The van der Waals surface area contributed by atoms with Crippen LogP contribution in [0.15, 0.2) is 30.3 Å². The van der Waals surface area contributed by atoms with Crippen LogP contribution in [0.1, 0.15) is 38.8 Å². The molecule has 1 heterocycles. The fourth-order valence-electron chi connectivity index (χ4n) is 2.87. The standard InChI is InChI=1S/C17H24N2O3/c1-12-10-19(11-13(2)22-12)17(21)9-16(18-14(3)20)15-7-5-4-6-8-15/h4-8,12-13,16H,9-11H2,1-3H3,(H,18,20)/t12-,13+,16-/m1/s1. The van der Waals surface area contributed by atoms with Gasteiger partial charge in [0.2, 0.25) is 11.8 Å². The molecule has 1 aliphatic heterocycles. The molecule has 2 rings (SSSR count). The van der Waals surface area contributed by atoms with Crippen molar-refractivity contribution in [3.63, 3.8) is 0 Å². The molecule has 0 aliphatic carbocycles. The lowest BCUT2D eigenvalue weighted by atomic mass is 10.0. The third-order valence-corrected chi connectivity index (χ3v) is 3.73. The Morgan fingerprint density at radius 2 is 1.82 bits per heavy atom. The van der Waals surface area contributed by atoms with Gasteiger partial charge >= 0.3 is 0 Å². The second-order valence-electron chi connectivity index (χ2n) is 5.92. The number of morpholine rings is 1. The van der Waals surface area contributed by atoms with E-state index < -0.39 is 0 Å². The summed E-state index contributed by atoms with van der Waals surface area (Å²) >= 11 is 0. The van der Waals surface area contributed by atoms with Gasteiger partial charge < -0.3 is 15.0 Å². The zero-order valence-corrected chi connectivity index (χ0v) is 13.4. The van der Waals surface area contributed by atoms with Crippen LogP contribution in [0.25, 0.3) is 0 Å². The van der Waals surface area contributed by atoms with Crippen molar-refractivity contribution < 1.29 is 14.3 Å². The van der Waals surface area contributed by atoms with Crippen LogP contribution < -0.4 is 5.32 Å². The molecule has 0 unspecified atom stereocenters. The zero-order valence-electron chi connectivity index (χ0n) is 13.4. The number of hydrogen-bond acceptors (Lipinski definition) is 3. The topological polar surface area (TPSA) is 58.6 Å². The lowest BCUT2D eigenvalue weighted by molar-refractivity contribution is -0.143. The summed E-state index contributed by atoms with van der Waals surface area (Å²) in [5.74, 6) is -0.0880. The summed E-state index contributed by atoms with van der Waals surface area (Å²) in [6.45, 7) is 6.62. The number of rotatable bonds is 4. The van der Waals surface area contributed by atoms with Crippen molar-refractivity contribution in [1.29, 1.82) is 0 Å². The minimum Gasteiger partial charge on any atom is -0.372 e. The number of carbonyl (C=O) groups excluding carboxylic acids is 2. The minimum absolute atomic E-state index is 0.0450. The summed E-state index contributed by atoms with van der Waals surface area (Å²) in [7, 11) is 0. The lowest BCUT2D eigenvalue weighted by Crippen LogP contribution is -2.49. The maximum absolute atomic E-state index is 12.6. The van der Waals surface area contributed by atoms with Crippen LogP contribution >= 0.6 is 0 Å². The number of amides is 2. The van der Waals surface area contributed by atoms with Gasteiger partial charge in [-0.2, -0.15) is 0 Å². The Morgan fingerprint density at radius 1 is 1.23 bits per heavy atom. The Labute approximate surface area is 131 Å². The van der Waals surface area contributed by atoms with Crippen LogP contribution in [0, 0.1) is 0 Å². The third-order valence-electron chi connectivity index (χ3n) is 3.73. The molecule has 0 bridgehead atoms. The van der Waals surface area contributed by atoms with E-state index in [1.54, 1.807) is 0 Å². The number of ether oxygens (including phenoxy) is 1. The molecule has 5 nitrogen and oxygen atoms in total. The Balaban J connectivity index is 2.06. The van der Waals surface area contributed by atoms with E-state index in [0.717, 1.165) is 5.56 Å². The maximum atomic E-state index is 12.6. The number of nitrogens with one attached hydrogen (secondary N) is 1. The SMILES string of the molecule is CC(=O)N[C@H](CC(=O)N1C[C@@H](C)O[C@@H](C)C1)c1ccccc1. The molecule has 1 aromatic carbocycles. The highest BCUT2D eigenvalue weighted by atomic mass is 16.5. The van der Waals surface area contributed by atoms with Crippen LogP contribution in [-0.4, -0.2) is 42.0 Å². The fourth-order valence-corrected chi connectivity index (χ4v) is 2.87. The van der Waals surface area contributed by atoms with E-state index in [1.807, 2.05) is 49.1 Å². The van der Waals surface area contributed by atoms with Gasteiger partial charge in [-0.25, -0.2) is 0 Å². The molecule has 2 amide bonds. The molecule has 1 aliphatic rings. The molecule has 0 spiro atoms. The average Bonchev–Trinajstić information content (AvgIpc) is 2.46. The van der Waals surface area contributed by atoms with Gasteiger partial charge in [-0.15, -0.1) is 0 Å². The molecule has 120 valence electrons. The smallest absolute Gasteiger partial charge is 0.225 e. The minimum atomic E-state index is -0.292. The van der Waals surface area contributed by atoms with Crippen molar-refractivity contribution in [3.05, 3.63) is 35.9 Å². The first-order valence-electron chi connectivity index (χ1n) is 7.71. The van der Waals surface area contributed by atoms with E-state index in [9.17, 15) is 9.59 Å². The molecule has 3 atom stereocenters. The van der Waals surface area contributed by atoms with Gasteiger partial charge in [0, 0.05) is 20.0 Å². The maximum Gasteiger partial charge on any atom is 0.225 e. The first kappa shape index (κ1) is 16.5. The summed E-state index contributed by atoms with van der Waals surface area (Å²) in [5.41, 5.74) is 0.945. The largest absolute Gasteiger partial charge is 0.372 e. The van der Waals surface area contributed by atoms with Crippen molar-refractivity contribution in [2.24, 2.45) is 0 Å². The number of nitrogens with zero attached hydrogens (tertiary/aromatic N) is 1. The predicted molar refractivity (Wildman–Crippen MR) is 84.2 cm³/mol. The highest BCUT2D eigenvalue weighted by Gasteiger charge is 2.28. The summed E-state index contributed by atoms with van der Waals surface area (Å²) in [5, 5.41) is 2.87. The lowest BCUT2D eigenvalue weighted by Gasteiger charge is -2.36. The summed E-state index contributed by atoms with van der Waals surface area (Å²) in [6.07, 6.45) is 0.357. The number of hydrogen-bond donors (Lipinski definition) is 1. The van der Waals surface area contributed by atoms with Crippen molar-refractivity contribution >= 4 is 11.8 Å². The van der Waals surface area contributed by atoms with E-state index >= 15 is 0 Å². The molecule has 0 radical (unpaired) electrons. The first-order valence-corrected chi connectivity index (χ1v) is 7.71. The summed E-state index contributed by atoms with van der Waals surface area (Å²) in [4.78, 5) is 25.8. The van der Waals surface area contributed by atoms with Crippen molar-refractivity contribution in [2.45, 2.75) is 45.4 Å². The average molecular weight is 304 g/mol. The highest BCUT2D eigenvalue weighted by Crippen LogP contribution is 2.20. The Morgan fingerprint density at radius 3 is 2.36 bits per heavy atom. The number of carbonyl (C=O) groups is 2. The van der Waals surface area contributed by atoms with Gasteiger partial charge in [-0.3, -0.25) is 9.59 Å². The highest BCUT2D eigenvalue weighted by molar-refractivity contribution is 5.79. The van der Waals surface area contributed by atoms with Gasteiger partial charge in [0.25, 0.3) is 0 Å². The Hall–Kier alpha value is -1.88. The van der Waals surface area contributed by atoms with Crippen LogP contribution in [0.2, 0.25) is 0 Å². The molecule has 5 heteroatoms. The fraction of sp³-hybridized carbons (Fsp3) is 0.529. The van der Waals surface area contributed by atoms with E-state index in [0.29, 0.717) is 13.1 Å². The van der Waals surface area contributed by atoms with E-state index in [2.05, 4.69) is 5.32 Å². The van der Waals surface area contributed by atoms with Crippen molar-refractivity contribution in [2.75, 3.05) is 13.1 Å². The first-order chi connectivity index (χ1) is 10.5. The number of benzene rings is 1. The van der Waals surface area contributed by atoms with Crippen LogP contribution in [0.3, 0.4) is 0 Å². The van der Waals surface area contributed by atoms with Crippen molar-refractivity contribution in [3.8, 4) is 0 Å². The van der Waals surface area contributed by atoms with Crippen molar-refractivity contribution in [1.82, 2.24) is 10.2 Å². The van der Waals surface area contributed by atoms with E-state index in [4.69, 9.17) is 4.74 Å². The zero-order chi connectivity index (χ0) is 16.1. The molecule has 0 aromatic heterocycles. The van der Waals surface area contributed by atoms with Crippen LogP contribution in [0.5, 0.6) is 0 Å². The normalized spacial score (nSPS) is 23.0. The quantitative estimate of drug-likeness (QED) is 0.924. The second-order valence-corrected chi connectivity index (χ2v) is 5.92. The molecule has 1 saturated heterocycles. The van der Waals surface area contributed by atoms with E-state index in [-0.39, 0.29) is 36.5 Å². The third kappa shape index (κ3) is 4.56. The monoisotopic (exact) mass is 304 g/mol. The molecular formula is C17H24N2O3. The summed E-state index contributed by atoms with van der Waals surface area (Å²) in [6, 6.07) is 9.30. The molecule has 1 N–H and O–H groups in total. The van der Waals surface area contributed by atoms with Gasteiger partial charge in [-0.1, -0.05) is 30.3 Å². The van der Waals surface area contributed by atoms with Gasteiger partial charge in [0.15, 0.2) is 0 Å². The Kier molecular flexibility index (Phi) is 5.55. The molecule has 22 heavy (non-hydrogen) atoms. The van der Waals surface area contributed by atoms with Gasteiger partial charge in [-0.05, 0) is 19.4 Å². The van der Waals surface area contributed by atoms with Crippen LogP contribution in [-0.2, 0) is 14.3 Å². The molecule has 1 aromatic rings. The molecule has 1 fully saturated rings. The van der Waals surface area contributed by atoms with Gasteiger partial charge in [0.05, 0.1) is 24.7 Å². The second kappa shape index (κ2) is 7.40. The molecular weight excluding hydrogens is 280 g/mol. The summed E-state index contributed by atoms with van der Waals surface area (Å²) < 4.78 is 5.66. The predicted octanol–water partition coefficient (Wildman–Crippen LogP) is 1.89. The van der Waals surface area contributed by atoms with Gasteiger partial charge in [0.1, 0.15) is 0 Å². The Bertz CT molecular complexity index is 508. The van der Waals surface area contributed by atoms with E-state index in [1.165, 1.54) is 6.92 Å². The van der Waals surface area contributed by atoms with Crippen LogP contribution in [0.4, 0.5) is 0 Å².